The van der Waals surface area contributed by atoms with Crippen LogP contribution in [0, 0.1) is 5.92 Å². The van der Waals surface area contributed by atoms with E-state index >= 15 is 0 Å². The molecule has 0 radical (unpaired) electrons. The second kappa shape index (κ2) is 9.51. The summed E-state index contributed by atoms with van der Waals surface area (Å²) in [6.07, 6.45) is 6.11. The number of hydrogen-bond donors (Lipinski definition) is 1. The lowest BCUT2D eigenvalue weighted by Crippen LogP contribution is -2.46. The van der Waals surface area contributed by atoms with Crippen LogP contribution < -0.4 is 5.32 Å². The molecule has 3 aliphatic rings. The Labute approximate surface area is 185 Å². The largest absolute Gasteiger partial charge is 0.373 e. The average Bonchev–Trinajstić information content (AvgIpc) is 2.79. The number of aromatic nitrogens is 2. The van der Waals surface area contributed by atoms with Crippen molar-refractivity contribution in [2.45, 2.75) is 65.0 Å². The maximum absolute atomic E-state index is 13.3. The summed E-state index contributed by atoms with van der Waals surface area (Å²) in [4.78, 5) is 41.0. The van der Waals surface area contributed by atoms with Crippen LogP contribution in [0.2, 0.25) is 0 Å². The van der Waals surface area contributed by atoms with E-state index in [4.69, 9.17) is 9.97 Å². The number of carbonyl (C=O) groups excluding carboxylic acids is 2. The van der Waals surface area contributed by atoms with Gasteiger partial charge in [0.1, 0.15) is 5.82 Å². The molecule has 31 heavy (non-hydrogen) atoms. The third kappa shape index (κ3) is 4.84. The first-order valence-electron chi connectivity index (χ1n) is 11.8. The van der Waals surface area contributed by atoms with E-state index in [1.165, 1.54) is 12.8 Å². The van der Waals surface area contributed by atoms with Crippen LogP contribution >= 0.6 is 0 Å². The van der Waals surface area contributed by atoms with Crippen LogP contribution in [0.5, 0.6) is 0 Å². The van der Waals surface area contributed by atoms with Crippen molar-refractivity contribution in [2.75, 3.05) is 45.1 Å². The summed E-state index contributed by atoms with van der Waals surface area (Å²) in [6, 6.07) is -0.0619. The minimum atomic E-state index is -0.0619. The average molecular weight is 429 g/mol. The van der Waals surface area contributed by atoms with E-state index in [-0.39, 0.29) is 17.9 Å². The molecule has 1 atom stereocenters. The fourth-order valence-electron chi connectivity index (χ4n) is 5.06. The highest BCUT2D eigenvalue weighted by Gasteiger charge is 2.33. The lowest BCUT2D eigenvalue weighted by molar-refractivity contribution is -0.137. The molecule has 8 nitrogen and oxygen atoms in total. The van der Waals surface area contributed by atoms with Crippen molar-refractivity contribution >= 4 is 17.6 Å². The van der Waals surface area contributed by atoms with E-state index in [9.17, 15) is 9.59 Å². The first-order chi connectivity index (χ1) is 15.0. The Bertz CT molecular complexity index is 803. The molecule has 2 saturated heterocycles. The number of piperidine rings is 2. The highest BCUT2D eigenvalue weighted by Crippen LogP contribution is 2.32. The van der Waals surface area contributed by atoms with Gasteiger partial charge in [-0.3, -0.25) is 14.5 Å². The predicted molar refractivity (Wildman–Crippen MR) is 120 cm³/mol. The molecule has 0 spiro atoms. The van der Waals surface area contributed by atoms with Gasteiger partial charge in [-0.25, -0.2) is 9.97 Å². The monoisotopic (exact) mass is 428 g/mol. The van der Waals surface area contributed by atoms with Crippen LogP contribution in [0.15, 0.2) is 0 Å². The molecule has 8 heteroatoms. The molecule has 4 heterocycles. The Morgan fingerprint density at radius 3 is 2.55 bits per heavy atom. The summed E-state index contributed by atoms with van der Waals surface area (Å²) >= 11 is 0. The summed E-state index contributed by atoms with van der Waals surface area (Å²) in [5.74, 6) is 2.58. The van der Waals surface area contributed by atoms with Crippen LogP contribution in [0.4, 0.5) is 5.82 Å². The van der Waals surface area contributed by atoms with Crippen LogP contribution in [0.3, 0.4) is 0 Å². The molecule has 0 saturated carbocycles. The van der Waals surface area contributed by atoms with Gasteiger partial charge in [-0.1, -0.05) is 6.92 Å². The smallest absolute Gasteiger partial charge is 0.237 e. The number of nitrogens with one attached hydrogen (secondary N) is 1. The molecule has 170 valence electrons. The standard InChI is InChI=1S/C23H36N6O2/c1-16-7-11-27(12-8-16)15-21(31)29-10-5-4-6-20(29)23-25-19-9-13-28(17(2)30)14-18(19)22(24-3)26-23/h16,20H,4-15H2,1-3H3,(H,24,25,26)/t20-/m0/s1. The number of rotatable bonds is 4. The highest BCUT2D eigenvalue weighted by molar-refractivity contribution is 5.79. The van der Waals surface area contributed by atoms with Gasteiger partial charge < -0.3 is 15.1 Å². The molecule has 2 amide bonds. The zero-order valence-electron chi connectivity index (χ0n) is 19.2. The first-order valence-corrected chi connectivity index (χ1v) is 11.8. The molecule has 0 bridgehead atoms. The number of anilines is 1. The molecule has 3 aliphatic heterocycles. The summed E-state index contributed by atoms with van der Waals surface area (Å²) in [5, 5.41) is 3.21. The molecule has 0 aromatic carbocycles. The first kappa shape index (κ1) is 22.0. The molecule has 0 unspecified atom stereocenters. The van der Waals surface area contributed by atoms with Gasteiger partial charge in [0, 0.05) is 39.0 Å². The molecule has 1 aromatic rings. The van der Waals surface area contributed by atoms with E-state index in [2.05, 4.69) is 17.1 Å². The fraction of sp³-hybridized carbons (Fsp3) is 0.739. The second-order valence-electron chi connectivity index (χ2n) is 9.35. The SMILES string of the molecule is CNc1nc([C@@H]2CCCCN2C(=O)CN2CCC(C)CC2)nc2c1CN(C(C)=O)CC2. The van der Waals surface area contributed by atoms with E-state index in [1.54, 1.807) is 6.92 Å². The Morgan fingerprint density at radius 2 is 1.84 bits per heavy atom. The quantitative estimate of drug-likeness (QED) is 0.792. The van der Waals surface area contributed by atoms with Gasteiger partial charge in [0.2, 0.25) is 11.8 Å². The Hall–Kier alpha value is -2.22. The minimum Gasteiger partial charge on any atom is -0.373 e. The zero-order valence-corrected chi connectivity index (χ0v) is 19.2. The molecule has 1 N–H and O–H groups in total. The third-order valence-corrected chi connectivity index (χ3v) is 7.12. The molecule has 4 rings (SSSR count). The Morgan fingerprint density at radius 1 is 1.06 bits per heavy atom. The predicted octanol–water partition coefficient (Wildman–Crippen LogP) is 2.21. The number of likely N-dealkylation sites (tertiary alicyclic amines) is 2. The number of amides is 2. The van der Waals surface area contributed by atoms with E-state index in [0.717, 1.165) is 74.1 Å². The van der Waals surface area contributed by atoms with Crippen molar-refractivity contribution in [3.05, 3.63) is 17.1 Å². The number of carbonyl (C=O) groups is 2. The number of hydrogen-bond acceptors (Lipinski definition) is 6. The van der Waals surface area contributed by atoms with Gasteiger partial charge in [0.15, 0.2) is 5.82 Å². The van der Waals surface area contributed by atoms with E-state index in [0.29, 0.717) is 19.6 Å². The lowest BCUT2D eigenvalue weighted by atomic mass is 9.98. The molecule has 1 aromatic heterocycles. The molecular weight excluding hydrogens is 392 g/mol. The molecular formula is C23H36N6O2. The van der Waals surface area contributed by atoms with Gasteiger partial charge in [-0.15, -0.1) is 0 Å². The van der Waals surface area contributed by atoms with Crippen molar-refractivity contribution < 1.29 is 9.59 Å². The van der Waals surface area contributed by atoms with Crippen molar-refractivity contribution in [1.82, 2.24) is 24.7 Å². The summed E-state index contributed by atoms with van der Waals surface area (Å²) in [7, 11) is 1.86. The van der Waals surface area contributed by atoms with E-state index in [1.807, 2.05) is 16.8 Å². The molecule has 0 aliphatic carbocycles. The Kier molecular flexibility index (Phi) is 6.74. The zero-order chi connectivity index (χ0) is 22.0. The number of fused-ring (bicyclic) bond motifs is 1. The van der Waals surface area contributed by atoms with Gasteiger partial charge in [-0.2, -0.15) is 0 Å². The normalized spacial score (nSPS) is 22.9. The van der Waals surface area contributed by atoms with Crippen molar-refractivity contribution in [1.29, 1.82) is 0 Å². The maximum Gasteiger partial charge on any atom is 0.237 e. The van der Waals surface area contributed by atoms with Crippen molar-refractivity contribution in [2.24, 2.45) is 5.92 Å². The lowest BCUT2D eigenvalue weighted by Gasteiger charge is -2.38. The van der Waals surface area contributed by atoms with Gasteiger partial charge in [-0.05, 0) is 51.1 Å². The minimum absolute atomic E-state index is 0.0619. The summed E-state index contributed by atoms with van der Waals surface area (Å²) < 4.78 is 0. The maximum atomic E-state index is 13.3. The number of nitrogens with zero attached hydrogens (tertiary/aromatic N) is 5. The summed E-state index contributed by atoms with van der Waals surface area (Å²) in [6.45, 7) is 8.43. The van der Waals surface area contributed by atoms with Gasteiger partial charge in [0.05, 0.1) is 24.8 Å². The second-order valence-corrected chi connectivity index (χ2v) is 9.35. The Balaban J connectivity index is 1.54. The van der Waals surface area contributed by atoms with Crippen LogP contribution in [0.25, 0.3) is 0 Å². The van der Waals surface area contributed by atoms with Gasteiger partial charge >= 0.3 is 0 Å². The van der Waals surface area contributed by atoms with Crippen molar-refractivity contribution in [3.63, 3.8) is 0 Å². The topological polar surface area (TPSA) is 81.7 Å². The van der Waals surface area contributed by atoms with Crippen LogP contribution in [-0.2, 0) is 22.6 Å². The van der Waals surface area contributed by atoms with Crippen LogP contribution in [-0.4, -0.2) is 76.3 Å². The third-order valence-electron chi connectivity index (χ3n) is 7.12. The van der Waals surface area contributed by atoms with Crippen molar-refractivity contribution in [3.8, 4) is 0 Å². The summed E-state index contributed by atoms with van der Waals surface area (Å²) in [5.41, 5.74) is 2.01. The van der Waals surface area contributed by atoms with Crippen LogP contribution in [0.1, 0.15) is 69.1 Å². The molecule has 2 fully saturated rings. The van der Waals surface area contributed by atoms with Gasteiger partial charge in [0.25, 0.3) is 0 Å². The van der Waals surface area contributed by atoms with E-state index < -0.39 is 0 Å². The highest BCUT2D eigenvalue weighted by atomic mass is 16.2. The fourth-order valence-corrected chi connectivity index (χ4v) is 5.06.